The van der Waals surface area contributed by atoms with Crippen LogP contribution in [0.3, 0.4) is 0 Å². The lowest BCUT2D eigenvalue weighted by Gasteiger charge is -2.15. The molecule has 2 rings (SSSR count). The van der Waals surface area contributed by atoms with Gasteiger partial charge < -0.3 is 14.4 Å². The molecule has 1 aliphatic rings. The minimum absolute atomic E-state index is 0.0911. The largest absolute Gasteiger partial charge is 0.469 e. The first-order valence-electron chi connectivity index (χ1n) is 8.64. The lowest BCUT2D eigenvalue weighted by Crippen LogP contribution is -2.24. The normalized spacial score (nSPS) is 14.7. The van der Waals surface area contributed by atoms with E-state index in [2.05, 4.69) is 9.64 Å². The quantitative estimate of drug-likeness (QED) is 0.374. The first kappa shape index (κ1) is 18.6. The van der Waals surface area contributed by atoms with Crippen molar-refractivity contribution in [3.05, 3.63) is 35.4 Å². The van der Waals surface area contributed by atoms with Gasteiger partial charge in [0.15, 0.2) is 0 Å². The summed E-state index contributed by atoms with van der Waals surface area (Å²) in [6, 6.07) is 8.01. The summed E-state index contributed by atoms with van der Waals surface area (Å²) in [6.45, 7) is 4.65. The van der Waals surface area contributed by atoms with Crippen molar-refractivity contribution >= 4 is 11.8 Å². The molecule has 0 N–H and O–H groups in total. The fourth-order valence-corrected chi connectivity index (χ4v) is 2.92. The van der Waals surface area contributed by atoms with Crippen LogP contribution in [0.15, 0.2) is 24.3 Å². The molecule has 0 aromatic heterocycles. The number of esters is 1. The second-order valence-corrected chi connectivity index (χ2v) is 6.16. The Morgan fingerprint density at radius 2 is 1.83 bits per heavy atom. The zero-order valence-electron chi connectivity index (χ0n) is 14.5. The van der Waals surface area contributed by atoms with Crippen LogP contribution in [0, 0.1) is 0 Å². The number of Topliss-reactive ketones (excluding diaryl/α,β-unsaturated/α-hetero) is 1. The van der Waals surface area contributed by atoms with Gasteiger partial charge in [-0.3, -0.25) is 9.59 Å². The van der Waals surface area contributed by atoms with Gasteiger partial charge in [-0.05, 0) is 43.5 Å². The minimum atomic E-state index is -0.474. The summed E-state index contributed by atoms with van der Waals surface area (Å²) in [6.07, 6.45) is 3.41. The van der Waals surface area contributed by atoms with Crippen LogP contribution in [-0.4, -0.2) is 50.0 Å². The average molecular weight is 333 g/mol. The molecular weight excluding hydrogens is 306 g/mol. The maximum Gasteiger partial charge on any atom is 0.313 e. The molecule has 0 saturated carbocycles. The number of benzene rings is 1. The summed E-state index contributed by atoms with van der Waals surface area (Å²) in [4.78, 5) is 25.3. The maximum atomic E-state index is 11.8. The van der Waals surface area contributed by atoms with E-state index in [4.69, 9.17) is 4.74 Å². The number of nitrogens with zero attached hydrogens (tertiary/aromatic N) is 1. The van der Waals surface area contributed by atoms with Gasteiger partial charge >= 0.3 is 5.97 Å². The maximum absolute atomic E-state index is 11.8. The summed E-state index contributed by atoms with van der Waals surface area (Å²) in [5.74, 6) is -0.565. The van der Waals surface area contributed by atoms with Gasteiger partial charge in [0.25, 0.3) is 0 Å². The van der Waals surface area contributed by atoms with Crippen LogP contribution in [0.5, 0.6) is 0 Å². The fraction of sp³-hybridized carbons (Fsp3) is 0.579. The Labute approximate surface area is 143 Å². The standard InChI is InChI=1S/C19H27NO4/c1-23-19(22)14-18(21)9-8-16-6-2-3-7-17(16)15-24-13-12-20-10-4-5-11-20/h2-3,6-7H,4-5,8-15H2,1H3. The zero-order valence-corrected chi connectivity index (χ0v) is 14.5. The SMILES string of the molecule is COC(=O)CC(=O)CCc1ccccc1COCCN1CCCC1. The van der Waals surface area contributed by atoms with Gasteiger partial charge in [-0.15, -0.1) is 0 Å². The van der Waals surface area contributed by atoms with E-state index in [1.165, 1.54) is 33.0 Å². The molecule has 5 heteroatoms. The number of likely N-dealkylation sites (tertiary alicyclic amines) is 1. The summed E-state index contributed by atoms with van der Waals surface area (Å²) in [5.41, 5.74) is 2.22. The molecule has 0 radical (unpaired) electrons. The zero-order chi connectivity index (χ0) is 17.2. The average Bonchev–Trinajstić information content (AvgIpc) is 3.11. The van der Waals surface area contributed by atoms with Crippen molar-refractivity contribution in [3.8, 4) is 0 Å². The van der Waals surface area contributed by atoms with Crippen LogP contribution >= 0.6 is 0 Å². The molecule has 0 atom stereocenters. The van der Waals surface area contributed by atoms with Gasteiger partial charge in [0.05, 0.1) is 20.3 Å². The number of rotatable bonds is 10. The number of carbonyl (C=O) groups is 2. The Kier molecular flexibility index (Phi) is 7.92. The highest BCUT2D eigenvalue weighted by Crippen LogP contribution is 2.14. The van der Waals surface area contributed by atoms with Crippen LogP contribution in [0.25, 0.3) is 0 Å². The predicted molar refractivity (Wildman–Crippen MR) is 91.7 cm³/mol. The molecule has 24 heavy (non-hydrogen) atoms. The molecule has 0 spiro atoms. The number of hydrogen-bond donors (Lipinski definition) is 0. The molecule has 0 aliphatic carbocycles. The Morgan fingerprint density at radius 3 is 2.54 bits per heavy atom. The second kappa shape index (κ2) is 10.2. The molecule has 1 aromatic rings. The molecule has 0 amide bonds. The van der Waals surface area contributed by atoms with E-state index in [-0.39, 0.29) is 12.2 Å². The third-order valence-electron chi connectivity index (χ3n) is 4.37. The summed E-state index contributed by atoms with van der Waals surface area (Å²) in [7, 11) is 1.30. The first-order valence-corrected chi connectivity index (χ1v) is 8.64. The van der Waals surface area contributed by atoms with Gasteiger partial charge in [-0.1, -0.05) is 24.3 Å². The van der Waals surface area contributed by atoms with Crippen molar-refractivity contribution in [1.82, 2.24) is 4.90 Å². The molecule has 5 nitrogen and oxygen atoms in total. The van der Waals surface area contributed by atoms with Gasteiger partial charge in [-0.25, -0.2) is 0 Å². The van der Waals surface area contributed by atoms with Crippen molar-refractivity contribution < 1.29 is 19.1 Å². The van der Waals surface area contributed by atoms with Crippen molar-refractivity contribution in [3.63, 3.8) is 0 Å². The number of ketones is 1. The molecule has 1 aromatic carbocycles. The van der Waals surface area contributed by atoms with Crippen LogP contribution < -0.4 is 0 Å². The number of carbonyl (C=O) groups excluding carboxylic acids is 2. The number of ether oxygens (including phenoxy) is 2. The van der Waals surface area contributed by atoms with E-state index in [1.807, 2.05) is 24.3 Å². The van der Waals surface area contributed by atoms with Gasteiger partial charge in [-0.2, -0.15) is 0 Å². The second-order valence-electron chi connectivity index (χ2n) is 6.16. The molecule has 0 bridgehead atoms. The van der Waals surface area contributed by atoms with Crippen LogP contribution in [0.2, 0.25) is 0 Å². The Morgan fingerprint density at radius 1 is 1.12 bits per heavy atom. The van der Waals surface area contributed by atoms with E-state index < -0.39 is 5.97 Å². The molecule has 1 heterocycles. The smallest absolute Gasteiger partial charge is 0.313 e. The van der Waals surface area contributed by atoms with Crippen molar-refractivity contribution in [2.24, 2.45) is 0 Å². The lowest BCUT2D eigenvalue weighted by molar-refractivity contribution is -0.143. The highest BCUT2D eigenvalue weighted by Gasteiger charge is 2.12. The van der Waals surface area contributed by atoms with Crippen LogP contribution in [0.4, 0.5) is 0 Å². The summed E-state index contributed by atoms with van der Waals surface area (Å²) < 4.78 is 10.3. The molecule has 132 valence electrons. The van der Waals surface area contributed by atoms with Crippen molar-refractivity contribution in [2.45, 2.75) is 38.7 Å². The van der Waals surface area contributed by atoms with Crippen molar-refractivity contribution in [2.75, 3.05) is 33.4 Å². The third-order valence-corrected chi connectivity index (χ3v) is 4.37. The number of aryl methyl sites for hydroxylation is 1. The molecular formula is C19H27NO4. The third kappa shape index (κ3) is 6.42. The topological polar surface area (TPSA) is 55.8 Å². The first-order chi connectivity index (χ1) is 11.7. The Balaban J connectivity index is 1.74. The molecule has 1 saturated heterocycles. The van der Waals surface area contributed by atoms with E-state index in [0.29, 0.717) is 19.4 Å². The minimum Gasteiger partial charge on any atom is -0.469 e. The van der Waals surface area contributed by atoms with E-state index in [0.717, 1.165) is 24.3 Å². The van der Waals surface area contributed by atoms with Gasteiger partial charge in [0.1, 0.15) is 12.2 Å². The Hall–Kier alpha value is -1.72. The highest BCUT2D eigenvalue weighted by molar-refractivity contribution is 5.95. The molecule has 0 unspecified atom stereocenters. The van der Waals surface area contributed by atoms with E-state index in [9.17, 15) is 9.59 Å². The van der Waals surface area contributed by atoms with Crippen molar-refractivity contribution in [1.29, 1.82) is 0 Å². The number of methoxy groups -OCH3 is 1. The predicted octanol–water partition coefficient (Wildman–Crippen LogP) is 2.36. The van der Waals surface area contributed by atoms with E-state index in [1.54, 1.807) is 0 Å². The highest BCUT2D eigenvalue weighted by atomic mass is 16.5. The molecule has 1 aliphatic heterocycles. The molecule has 1 fully saturated rings. The van der Waals surface area contributed by atoms with E-state index >= 15 is 0 Å². The lowest BCUT2D eigenvalue weighted by atomic mass is 10.0. The Bertz CT molecular complexity index is 538. The van der Waals surface area contributed by atoms with Crippen LogP contribution in [-0.2, 0) is 32.1 Å². The summed E-state index contributed by atoms with van der Waals surface area (Å²) in [5, 5.41) is 0. The fourth-order valence-electron chi connectivity index (χ4n) is 2.92. The van der Waals surface area contributed by atoms with Gasteiger partial charge in [0.2, 0.25) is 0 Å². The summed E-state index contributed by atoms with van der Waals surface area (Å²) >= 11 is 0. The number of hydrogen-bond acceptors (Lipinski definition) is 5. The van der Waals surface area contributed by atoms with Crippen LogP contribution in [0.1, 0.15) is 36.8 Å². The van der Waals surface area contributed by atoms with Gasteiger partial charge in [0, 0.05) is 13.0 Å². The monoisotopic (exact) mass is 333 g/mol.